The Bertz CT molecular complexity index is 1440. The molecule has 2 aliphatic rings. The van der Waals surface area contributed by atoms with Gasteiger partial charge < -0.3 is 19.7 Å². The number of anilines is 1. The molecule has 2 radical (unpaired) electrons. The molecule has 0 aliphatic carbocycles. The highest BCUT2D eigenvalue weighted by Crippen LogP contribution is 2.32. The predicted molar refractivity (Wildman–Crippen MR) is 138 cm³/mol. The van der Waals surface area contributed by atoms with E-state index in [-0.39, 0.29) is 18.6 Å². The van der Waals surface area contributed by atoms with Crippen molar-refractivity contribution in [3.63, 3.8) is 0 Å². The fourth-order valence-electron chi connectivity index (χ4n) is 4.69. The molecule has 0 spiro atoms. The summed E-state index contributed by atoms with van der Waals surface area (Å²) < 4.78 is 13.3. The summed E-state index contributed by atoms with van der Waals surface area (Å²) in [7, 11) is 6.14. The van der Waals surface area contributed by atoms with E-state index in [1.165, 1.54) is 0 Å². The molecule has 4 heterocycles. The van der Waals surface area contributed by atoms with Crippen LogP contribution >= 0.6 is 11.6 Å². The van der Waals surface area contributed by atoms with Crippen molar-refractivity contribution in [1.82, 2.24) is 19.5 Å². The van der Waals surface area contributed by atoms with E-state index in [1.54, 1.807) is 10.7 Å². The van der Waals surface area contributed by atoms with Gasteiger partial charge in [-0.15, -0.1) is 0 Å². The minimum absolute atomic E-state index is 0.0462. The molecule has 2 aliphatic heterocycles. The molecule has 6 rings (SSSR count). The molecule has 0 saturated carbocycles. The molecule has 1 amide bonds. The second-order valence-corrected chi connectivity index (χ2v) is 9.36. The van der Waals surface area contributed by atoms with Crippen molar-refractivity contribution in [1.29, 1.82) is 0 Å². The second-order valence-electron chi connectivity index (χ2n) is 8.95. The molecule has 36 heavy (non-hydrogen) atoms. The average molecular weight is 500 g/mol. The van der Waals surface area contributed by atoms with Crippen molar-refractivity contribution in [3.05, 3.63) is 65.8 Å². The zero-order valence-electron chi connectivity index (χ0n) is 19.4. The number of piperidine rings is 1. The molecule has 0 bridgehead atoms. The fraction of sp³-hybridized carbons (Fsp3) is 0.269. The first kappa shape index (κ1) is 22.7. The number of hydrogen-bond acceptors (Lipinski definition) is 6. The van der Waals surface area contributed by atoms with Crippen LogP contribution in [0, 0.1) is 0 Å². The highest BCUT2D eigenvalue weighted by molar-refractivity contribution is 6.36. The molecular weight excluding hydrogens is 477 g/mol. The second kappa shape index (κ2) is 9.39. The van der Waals surface area contributed by atoms with E-state index >= 15 is 0 Å². The molecule has 10 heteroatoms. The monoisotopic (exact) mass is 499 g/mol. The summed E-state index contributed by atoms with van der Waals surface area (Å²) in [5.74, 6) is 2.00. The van der Waals surface area contributed by atoms with Crippen LogP contribution in [-0.2, 0) is 4.79 Å². The van der Waals surface area contributed by atoms with Gasteiger partial charge in [0.1, 0.15) is 20.3 Å². The minimum Gasteiger partial charge on any atom is -0.485 e. The molecule has 8 nitrogen and oxygen atoms in total. The number of halogens is 1. The van der Waals surface area contributed by atoms with Crippen LogP contribution in [-0.4, -0.2) is 65.1 Å². The van der Waals surface area contributed by atoms with Gasteiger partial charge in [-0.05, 0) is 36.5 Å². The maximum atomic E-state index is 13.1. The van der Waals surface area contributed by atoms with Gasteiger partial charge in [-0.2, -0.15) is 9.61 Å². The molecule has 1 unspecified atom stereocenters. The smallest absolute Gasteiger partial charge is 0.267 e. The van der Waals surface area contributed by atoms with Crippen molar-refractivity contribution < 1.29 is 14.3 Å². The summed E-state index contributed by atoms with van der Waals surface area (Å²) in [6, 6.07) is 17.1. The first-order chi connectivity index (χ1) is 17.6. The zero-order valence-corrected chi connectivity index (χ0v) is 20.2. The topological polar surface area (TPSA) is 81.0 Å². The number of rotatable bonds is 4. The number of hydrogen-bond donors (Lipinski definition) is 1. The number of para-hydroxylation sites is 2. The van der Waals surface area contributed by atoms with Crippen LogP contribution in [0.25, 0.3) is 16.9 Å². The van der Waals surface area contributed by atoms with Gasteiger partial charge in [0.2, 0.25) is 6.10 Å². The Balaban J connectivity index is 1.16. The number of ether oxygens (including phenoxy) is 2. The molecule has 2 aromatic heterocycles. The van der Waals surface area contributed by atoms with Crippen LogP contribution in [0.1, 0.15) is 12.8 Å². The van der Waals surface area contributed by atoms with Gasteiger partial charge in [-0.3, -0.25) is 4.79 Å². The summed E-state index contributed by atoms with van der Waals surface area (Å²) in [5.41, 5.74) is 2.59. The summed E-state index contributed by atoms with van der Waals surface area (Å²) in [6.45, 7) is 1.45. The number of fused-ring (bicyclic) bond motifs is 2. The zero-order chi connectivity index (χ0) is 24.6. The largest absolute Gasteiger partial charge is 0.485 e. The van der Waals surface area contributed by atoms with Crippen molar-refractivity contribution in [2.75, 3.05) is 25.0 Å². The highest BCUT2D eigenvalue weighted by Gasteiger charge is 2.33. The summed E-state index contributed by atoms with van der Waals surface area (Å²) in [4.78, 5) is 19.6. The Morgan fingerprint density at radius 2 is 1.83 bits per heavy atom. The van der Waals surface area contributed by atoms with Crippen molar-refractivity contribution >= 4 is 42.3 Å². The molecule has 2 aromatic carbocycles. The number of likely N-dealkylation sites (tertiary alicyclic amines) is 1. The molecule has 180 valence electrons. The average Bonchev–Trinajstić information content (AvgIpc) is 3.29. The van der Waals surface area contributed by atoms with Crippen LogP contribution in [0.2, 0.25) is 5.02 Å². The Morgan fingerprint density at radius 3 is 2.64 bits per heavy atom. The van der Waals surface area contributed by atoms with Crippen LogP contribution in [0.3, 0.4) is 0 Å². The first-order valence-electron chi connectivity index (χ1n) is 11.9. The molecular formula is C26H23BClN5O3. The Labute approximate surface area is 214 Å². The SMILES string of the molecule is [B]c1cnn2c(NC3CCN(C(=O)C4COc5ccccc5O4)CC3)cc(-c3ccccc3Cl)nc12. The quantitative estimate of drug-likeness (QED) is 0.435. The molecule has 4 aromatic rings. The fourth-order valence-corrected chi connectivity index (χ4v) is 4.92. The Hall–Kier alpha value is -3.72. The summed E-state index contributed by atoms with van der Waals surface area (Å²) in [6.07, 6.45) is 2.51. The third-order valence-corrected chi connectivity index (χ3v) is 6.92. The molecule has 1 fully saturated rings. The van der Waals surface area contributed by atoms with E-state index in [0.717, 1.165) is 24.2 Å². The van der Waals surface area contributed by atoms with Crippen molar-refractivity contribution in [2.45, 2.75) is 25.0 Å². The number of benzene rings is 2. The van der Waals surface area contributed by atoms with E-state index in [9.17, 15) is 4.79 Å². The van der Waals surface area contributed by atoms with Gasteiger partial charge in [-0.25, -0.2) is 4.98 Å². The number of carbonyl (C=O) groups excluding carboxylic acids is 1. The minimum atomic E-state index is -0.630. The third kappa shape index (κ3) is 4.24. The van der Waals surface area contributed by atoms with E-state index < -0.39 is 6.10 Å². The lowest BCUT2D eigenvalue weighted by Gasteiger charge is -2.36. The predicted octanol–water partition coefficient (Wildman–Crippen LogP) is 3.09. The van der Waals surface area contributed by atoms with Crippen molar-refractivity contribution in [3.8, 4) is 22.8 Å². The van der Waals surface area contributed by atoms with E-state index in [4.69, 9.17) is 33.9 Å². The summed E-state index contributed by atoms with van der Waals surface area (Å²) in [5, 5.41) is 8.60. The van der Waals surface area contributed by atoms with Crippen LogP contribution < -0.4 is 20.3 Å². The number of nitrogens with zero attached hydrogens (tertiary/aromatic N) is 4. The van der Waals surface area contributed by atoms with Crippen LogP contribution in [0.5, 0.6) is 11.5 Å². The van der Waals surface area contributed by atoms with Gasteiger partial charge in [0.15, 0.2) is 17.1 Å². The van der Waals surface area contributed by atoms with Gasteiger partial charge in [0.05, 0.1) is 5.69 Å². The van der Waals surface area contributed by atoms with Crippen LogP contribution in [0.4, 0.5) is 5.82 Å². The van der Waals surface area contributed by atoms with E-state index in [1.807, 2.05) is 59.5 Å². The van der Waals surface area contributed by atoms with E-state index in [0.29, 0.717) is 46.4 Å². The molecule has 1 N–H and O–H groups in total. The number of nitrogens with one attached hydrogen (secondary N) is 1. The molecule has 1 saturated heterocycles. The van der Waals surface area contributed by atoms with Gasteiger partial charge >= 0.3 is 0 Å². The number of carbonyl (C=O) groups is 1. The lowest BCUT2D eigenvalue weighted by Crippen LogP contribution is -2.50. The number of amides is 1. The van der Waals surface area contributed by atoms with E-state index in [2.05, 4.69) is 10.4 Å². The standard InChI is InChI=1S/C26H23BClN5O3/c27-18-14-29-33-24(13-20(31-25(18)33)17-5-1-2-6-19(17)28)30-16-9-11-32(12-10-16)26(34)23-15-35-21-7-3-4-8-22(21)36-23/h1-8,13-14,16,23,30H,9-12,15H2. The molecule has 1 atom stereocenters. The van der Waals surface area contributed by atoms with Gasteiger partial charge in [-0.1, -0.05) is 41.9 Å². The Morgan fingerprint density at radius 1 is 1.08 bits per heavy atom. The van der Waals surface area contributed by atoms with Gasteiger partial charge in [0.25, 0.3) is 5.91 Å². The summed E-state index contributed by atoms with van der Waals surface area (Å²) >= 11 is 6.43. The van der Waals surface area contributed by atoms with Crippen molar-refractivity contribution in [2.24, 2.45) is 0 Å². The van der Waals surface area contributed by atoms with Gasteiger partial charge in [0, 0.05) is 42.0 Å². The normalized spacial score (nSPS) is 17.8. The maximum absolute atomic E-state index is 13.1. The highest BCUT2D eigenvalue weighted by atomic mass is 35.5. The Kier molecular flexibility index (Phi) is 5.93. The first-order valence-corrected chi connectivity index (χ1v) is 12.3. The number of aromatic nitrogens is 3. The maximum Gasteiger partial charge on any atom is 0.267 e. The lowest BCUT2D eigenvalue weighted by atomic mass is 10.0. The third-order valence-electron chi connectivity index (χ3n) is 6.59. The van der Waals surface area contributed by atoms with Crippen LogP contribution in [0.15, 0.2) is 60.8 Å². The lowest BCUT2D eigenvalue weighted by molar-refractivity contribution is -0.142.